The van der Waals surface area contributed by atoms with Crippen molar-refractivity contribution in [2.24, 2.45) is 16.6 Å². The fraction of sp³-hybridized carbons (Fsp3) is 0.333. The molecule has 2 aliphatic rings. The van der Waals surface area contributed by atoms with E-state index in [2.05, 4.69) is 35.2 Å². The Morgan fingerprint density at radius 3 is 2.80 bits per heavy atom. The number of rotatable bonds is 7. The number of aliphatic hydroxyl groups is 1. The van der Waals surface area contributed by atoms with Gasteiger partial charge < -0.3 is 25.3 Å². The summed E-state index contributed by atoms with van der Waals surface area (Å²) in [5.41, 5.74) is 5.41. The van der Waals surface area contributed by atoms with Crippen LogP contribution in [-0.2, 0) is 12.1 Å². The number of amidine groups is 1. The zero-order valence-electron chi connectivity index (χ0n) is 20.6. The van der Waals surface area contributed by atoms with Gasteiger partial charge in [0.1, 0.15) is 23.9 Å². The van der Waals surface area contributed by atoms with Gasteiger partial charge >= 0.3 is 6.18 Å². The van der Waals surface area contributed by atoms with E-state index >= 15 is 4.39 Å². The monoisotopic (exact) mass is 576 g/mol. The Kier molecular flexibility index (Phi) is 6.06. The van der Waals surface area contributed by atoms with Crippen LogP contribution in [0.2, 0.25) is 0 Å². The quantitative estimate of drug-likeness (QED) is 0.217. The molecule has 0 unspecified atom stereocenters. The number of halogens is 4. The first-order valence-corrected chi connectivity index (χ1v) is 12.7. The zero-order valence-corrected chi connectivity index (χ0v) is 21.4. The minimum absolute atomic E-state index is 0.0585. The molecule has 4 aromatic rings. The number of nitrogens with zero attached hydrogens (tertiary/aromatic N) is 6. The number of hydrogen-bond acceptors (Lipinski definition) is 12. The van der Waals surface area contributed by atoms with Crippen molar-refractivity contribution in [2.75, 3.05) is 5.32 Å². The first kappa shape index (κ1) is 26.2. The fourth-order valence-corrected chi connectivity index (χ4v) is 6.52. The maximum Gasteiger partial charge on any atom is 0.415 e. The van der Waals surface area contributed by atoms with Crippen molar-refractivity contribution >= 4 is 39.5 Å². The number of anilines is 2. The Labute approximate surface area is 227 Å². The van der Waals surface area contributed by atoms with Crippen LogP contribution >= 0.6 is 11.8 Å². The largest absolute Gasteiger partial charge is 0.482 e. The molecule has 4 N–H and O–H groups in total. The van der Waals surface area contributed by atoms with E-state index in [1.807, 2.05) is 0 Å². The number of fused-ring (bicyclic) bond motifs is 2. The average molecular weight is 577 g/mol. The van der Waals surface area contributed by atoms with Gasteiger partial charge in [-0.3, -0.25) is 4.99 Å². The number of nitrogens with one attached hydrogen (secondary N) is 1. The maximum atomic E-state index is 15.1. The van der Waals surface area contributed by atoms with Crippen LogP contribution in [0.25, 0.3) is 11.0 Å². The van der Waals surface area contributed by atoms with Gasteiger partial charge in [0.25, 0.3) is 0 Å². The molecule has 5 heterocycles. The number of pyridine rings is 2. The molecule has 1 fully saturated rings. The van der Waals surface area contributed by atoms with Gasteiger partial charge in [-0.15, -0.1) is 0 Å². The first-order valence-electron chi connectivity index (χ1n) is 11.8. The Hall–Kier alpha value is -4.05. The molecule has 0 amide bonds. The molecule has 1 aliphatic carbocycles. The molecule has 1 aliphatic heterocycles. The van der Waals surface area contributed by atoms with Crippen LogP contribution in [0.5, 0.6) is 5.75 Å². The maximum absolute atomic E-state index is 15.1. The molecule has 1 saturated carbocycles. The number of aromatic nitrogens is 5. The van der Waals surface area contributed by atoms with E-state index in [4.69, 9.17) is 14.9 Å². The van der Waals surface area contributed by atoms with Gasteiger partial charge in [0.05, 0.1) is 40.1 Å². The molecule has 16 heteroatoms. The summed E-state index contributed by atoms with van der Waals surface area (Å²) >= 11 is 0.668. The van der Waals surface area contributed by atoms with Gasteiger partial charge in [0.15, 0.2) is 23.7 Å². The Morgan fingerprint density at radius 1 is 1.23 bits per heavy atom. The molecule has 6 rings (SSSR count). The lowest BCUT2D eigenvalue weighted by Crippen LogP contribution is -2.47. The fourth-order valence-electron chi connectivity index (χ4n) is 5.03. The summed E-state index contributed by atoms with van der Waals surface area (Å²) in [4.78, 5) is 24.9. The molecule has 0 radical (unpaired) electrons. The highest BCUT2D eigenvalue weighted by molar-refractivity contribution is 8.15. The predicted octanol–water partition coefficient (Wildman–Crippen LogP) is 3.83. The number of thioether (sulfide) groups is 1. The molecule has 0 saturated heterocycles. The van der Waals surface area contributed by atoms with Crippen LogP contribution in [0.15, 0.2) is 52.7 Å². The lowest BCUT2D eigenvalue weighted by molar-refractivity contribution is -0.207. The van der Waals surface area contributed by atoms with Crippen molar-refractivity contribution in [3.63, 3.8) is 0 Å². The van der Waals surface area contributed by atoms with E-state index in [9.17, 15) is 18.3 Å². The van der Waals surface area contributed by atoms with Gasteiger partial charge in [-0.1, -0.05) is 11.8 Å². The Bertz CT molecular complexity index is 1620. The third-order valence-electron chi connectivity index (χ3n) is 6.98. The molecule has 208 valence electrons. The minimum atomic E-state index is -4.87. The van der Waals surface area contributed by atoms with Crippen molar-refractivity contribution in [2.45, 2.75) is 42.5 Å². The highest BCUT2D eigenvalue weighted by Crippen LogP contribution is 2.68. The second-order valence-corrected chi connectivity index (χ2v) is 10.9. The second kappa shape index (κ2) is 9.26. The minimum Gasteiger partial charge on any atom is -0.482 e. The number of aliphatic imine (C=N–C) groups is 1. The van der Waals surface area contributed by atoms with E-state index in [0.717, 1.165) is 0 Å². The van der Waals surface area contributed by atoms with Crippen molar-refractivity contribution in [1.82, 2.24) is 24.9 Å². The number of alkyl halides is 3. The van der Waals surface area contributed by atoms with Gasteiger partial charge in [-0.05, 0) is 19.4 Å². The molecule has 0 bridgehead atoms. The van der Waals surface area contributed by atoms with Crippen LogP contribution in [0.1, 0.15) is 24.8 Å². The smallest absolute Gasteiger partial charge is 0.415 e. The van der Waals surface area contributed by atoms with E-state index in [0.29, 0.717) is 34.4 Å². The van der Waals surface area contributed by atoms with Crippen LogP contribution in [-0.4, -0.2) is 52.2 Å². The predicted molar refractivity (Wildman–Crippen MR) is 135 cm³/mol. The van der Waals surface area contributed by atoms with Gasteiger partial charge in [-0.25, -0.2) is 24.9 Å². The summed E-state index contributed by atoms with van der Waals surface area (Å²) in [6.45, 7) is 1.58. The summed E-state index contributed by atoms with van der Waals surface area (Å²) in [5, 5.41) is 13.0. The van der Waals surface area contributed by atoms with Crippen molar-refractivity contribution < 1.29 is 31.8 Å². The van der Waals surface area contributed by atoms with Crippen LogP contribution < -0.4 is 15.8 Å². The number of aliphatic hydroxyl groups excluding tert-OH is 1. The Morgan fingerprint density at radius 2 is 2.05 bits per heavy atom. The topological polar surface area (TPSA) is 157 Å². The van der Waals surface area contributed by atoms with Crippen molar-refractivity contribution in [1.29, 1.82) is 0 Å². The number of oxazole rings is 1. The van der Waals surface area contributed by atoms with Crippen LogP contribution in [0, 0.1) is 11.9 Å². The lowest BCUT2D eigenvalue weighted by atomic mass is 9.86. The lowest BCUT2D eigenvalue weighted by Gasteiger charge is -2.36. The molecule has 4 atom stereocenters. The Balaban J connectivity index is 1.29. The standard InChI is InChI=1S/C24H20F4N8O3S/c1-22(15-6-23(15,40-21(29)36-22)20(37)24(26,27)28)13-4-11(7-32-18(13)25)35-19-17-14(33-10-34-19)5-12(8-31-17)39-9-16-30-2-3-38-16/h2-5,7-8,10,15,20,37H,6,9H2,1H3,(H2,29,36)(H,33,34,35)/t15-,20+,22+,23-/m0/s1. The molecule has 11 nitrogen and oxygen atoms in total. The number of nitrogens with two attached hydrogens (primary N) is 1. The van der Waals surface area contributed by atoms with Gasteiger partial charge in [-0.2, -0.15) is 17.6 Å². The second-order valence-electron chi connectivity index (χ2n) is 9.52. The summed E-state index contributed by atoms with van der Waals surface area (Å²) in [5.74, 6) is -0.690. The molecule has 4 aromatic heterocycles. The van der Waals surface area contributed by atoms with E-state index in [1.54, 1.807) is 6.07 Å². The summed E-state index contributed by atoms with van der Waals surface area (Å²) in [7, 11) is 0. The van der Waals surface area contributed by atoms with Crippen LogP contribution in [0.3, 0.4) is 0 Å². The van der Waals surface area contributed by atoms with E-state index in [1.165, 1.54) is 44.2 Å². The van der Waals surface area contributed by atoms with E-state index < -0.39 is 34.4 Å². The van der Waals surface area contributed by atoms with E-state index in [-0.39, 0.29) is 35.3 Å². The molecule has 40 heavy (non-hydrogen) atoms. The first-order chi connectivity index (χ1) is 19.0. The highest BCUT2D eigenvalue weighted by Gasteiger charge is 2.74. The number of ether oxygens (including phenoxy) is 1. The molecule has 0 spiro atoms. The van der Waals surface area contributed by atoms with Gasteiger partial charge in [0.2, 0.25) is 11.8 Å². The van der Waals surface area contributed by atoms with Crippen molar-refractivity contribution in [3.8, 4) is 5.75 Å². The zero-order chi connectivity index (χ0) is 28.3. The van der Waals surface area contributed by atoms with Crippen molar-refractivity contribution in [3.05, 3.63) is 60.7 Å². The summed E-state index contributed by atoms with van der Waals surface area (Å²) in [6, 6.07) is 3.03. The average Bonchev–Trinajstić information content (AvgIpc) is 3.42. The normalized spacial score (nSPS) is 24.8. The third kappa shape index (κ3) is 4.46. The molecule has 0 aromatic carbocycles. The third-order valence-corrected chi connectivity index (χ3v) is 8.34. The highest BCUT2D eigenvalue weighted by atomic mass is 32.2. The van der Waals surface area contributed by atoms with Gasteiger partial charge in [0, 0.05) is 17.5 Å². The summed E-state index contributed by atoms with van der Waals surface area (Å²) in [6.07, 6.45) is -0.684. The SMILES string of the molecule is C[C@]1(c2cc(Nc3ncnc4cc(OCc5ncco5)cnc34)cnc2F)N=C(N)S[C@@]2([C@@H](O)C(F)(F)F)C[C@H]21. The number of hydrogen-bond donors (Lipinski definition) is 3. The van der Waals surface area contributed by atoms with Crippen LogP contribution in [0.4, 0.5) is 29.1 Å². The molecular weight excluding hydrogens is 556 g/mol. The summed E-state index contributed by atoms with van der Waals surface area (Å²) < 4.78 is 64.6. The molecular formula is C24H20F4N8O3S.